The Bertz CT molecular complexity index is 434. The monoisotopic (exact) mass is 269 g/mol. The summed E-state index contributed by atoms with van der Waals surface area (Å²) in [5.41, 5.74) is 0.404. The molecule has 15 heavy (non-hydrogen) atoms. The van der Waals surface area contributed by atoms with Gasteiger partial charge in [0.25, 0.3) is 5.91 Å². The number of rotatable bonds is 2. The quantitative estimate of drug-likeness (QED) is 0.821. The van der Waals surface area contributed by atoms with Crippen molar-refractivity contribution in [1.82, 2.24) is 5.32 Å². The van der Waals surface area contributed by atoms with Crippen LogP contribution in [0.2, 0.25) is 0 Å². The Morgan fingerprint density at radius 3 is 2.93 bits per heavy atom. The van der Waals surface area contributed by atoms with Crippen molar-refractivity contribution in [1.29, 1.82) is 0 Å². The summed E-state index contributed by atoms with van der Waals surface area (Å²) in [6.45, 7) is 1.99. The molecule has 0 aromatic heterocycles. The van der Waals surface area contributed by atoms with Gasteiger partial charge in [0.1, 0.15) is 5.82 Å². The molecule has 0 saturated carbocycles. The molecule has 0 saturated heterocycles. The maximum atomic E-state index is 12.9. The Balaban J connectivity index is 2.72. The molecule has 0 unspecified atom stereocenters. The normalized spacial score (nSPS) is 9.00. The van der Waals surface area contributed by atoms with Crippen molar-refractivity contribution in [3.63, 3.8) is 0 Å². The molecule has 1 rings (SSSR count). The van der Waals surface area contributed by atoms with Gasteiger partial charge in [0.15, 0.2) is 0 Å². The lowest BCUT2D eigenvalue weighted by Crippen LogP contribution is -2.23. The summed E-state index contributed by atoms with van der Waals surface area (Å²) in [6.07, 6.45) is 0. The molecule has 0 atom stereocenters. The molecule has 1 amide bonds. The Kier molecular flexibility index (Phi) is 4.32. The van der Waals surface area contributed by atoms with Crippen LogP contribution in [-0.4, -0.2) is 12.5 Å². The van der Waals surface area contributed by atoms with E-state index in [9.17, 15) is 9.18 Å². The van der Waals surface area contributed by atoms with Crippen molar-refractivity contribution < 1.29 is 9.18 Å². The third kappa shape index (κ3) is 3.37. The van der Waals surface area contributed by atoms with Crippen molar-refractivity contribution in [2.45, 2.75) is 6.92 Å². The first-order valence-corrected chi connectivity index (χ1v) is 5.07. The second kappa shape index (κ2) is 5.52. The molecule has 0 spiro atoms. The van der Waals surface area contributed by atoms with E-state index in [4.69, 9.17) is 0 Å². The van der Waals surface area contributed by atoms with E-state index in [-0.39, 0.29) is 16.2 Å². The summed E-state index contributed by atoms with van der Waals surface area (Å²) >= 11 is 3.01. The standard InChI is InChI=1S/C11H9BrFNO/c1-2-3-6-14-11(15)8-4-5-10(13)9(12)7-8/h4-5,7H,6H2,1H3,(H,14,15). The van der Waals surface area contributed by atoms with Gasteiger partial charge >= 0.3 is 0 Å². The highest BCUT2D eigenvalue weighted by Gasteiger charge is 2.06. The molecule has 2 nitrogen and oxygen atoms in total. The van der Waals surface area contributed by atoms with Gasteiger partial charge in [-0.1, -0.05) is 5.92 Å². The number of carbonyl (C=O) groups is 1. The highest BCUT2D eigenvalue weighted by molar-refractivity contribution is 9.10. The van der Waals surface area contributed by atoms with Crippen molar-refractivity contribution >= 4 is 21.8 Å². The highest BCUT2D eigenvalue weighted by Crippen LogP contribution is 2.16. The Morgan fingerprint density at radius 1 is 1.60 bits per heavy atom. The van der Waals surface area contributed by atoms with E-state index in [1.807, 2.05) is 0 Å². The van der Waals surface area contributed by atoms with Gasteiger partial charge in [-0.15, -0.1) is 5.92 Å². The van der Waals surface area contributed by atoms with Crippen LogP contribution in [-0.2, 0) is 0 Å². The minimum atomic E-state index is -0.389. The van der Waals surface area contributed by atoms with Crippen LogP contribution in [0.3, 0.4) is 0 Å². The fourth-order valence-electron chi connectivity index (χ4n) is 0.952. The van der Waals surface area contributed by atoms with E-state index < -0.39 is 0 Å². The maximum absolute atomic E-state index is 12.9. The predicted octanol–water partition coefficient (Wildman–Crippen LogP) is 2.34. The van der Waals surface area contributed by atoms with Gasteiger partial charge in [-0.2, -0.15) is 0 Å². The van der Waals surface area contributed by atoms with Gasteiger partial charge < -0.3 is 5.32 Å². The second-order valence-corrected chi connectivity index (χ2v) is 3.59. The van der Waals surface area contributed by atoms with Gasteiger partial charge in [-0.05, 0) is 41.1 Å². The number of hydrogen-bond donors (Lipinski definition) is 1. The summed E-state index contributed by atoms with van der Waals surface area (Å²) in [7, 11) is 0. The number of carbonyl (C=O) groups excluding carboxylic acids is 1. The fourth-order valence-corrected chi connectivity index (χ4v) is 1.33. The summed E-state index contributed by atoms with van der Waals surface area (Å²) < 4.78 is 13.1. The fraction of sp³-hybridized carbons (Fsp3) is 0.182. The minimum absolute atomic E-state index is 0.265. The number of amides is 1. The average Bonchev–Trinajstić information content (AvgIpc) is 2.22. The third-order valence-electron chi connectivity index (χ3n) is 1.70. The van der Waals surface area contributed by atoms with E-state index in [0.717, 1.165) is 0 Å². The first-order valence-electron chi connectivity index (χ1n) is 4.28. The molecule has 0 aliphatic carbocycles. The molecule has 1 N–H and O–H groups in total. The number of hydrogen-bond acceptors (Lipinski definition) is 1. The Labute approximate surface area is 96.0 Å². The maximum Gasteiger partial charge on any atom is 0.252 e. The van der Waals surface area contributed by atoms with Crippen molar-refractivity contribution in [2.75, 3.05) is 6.54 Å². The van der Waals surface area contributed by atoms with Gasteiger partial charge in [-0.3, -0.25) is 4.79 Å². The molecule has 0 fully saturated rings. The predicted molar refractivity (Wildman–Crippen MR) is 59.9 cm³/mol. The Hall–Kier alpha value is -1.34. The van der Waals surface area contributed by atoms with Gasteiger partial charge in [-0.25, -0.2) is 4.39 Å². The molecule has 0 heterocycles. The molecule has 4 heteroatoms. The van der Waals surface area contributed by atoms with E-state index in [1.165, 1.54) is 18.2 Å². The van der Waals surface area contributed by atoms with Gasteiger partial charge in [0, 0.05) is 5.56 Å². The number of nitrogens with one attached hydrogen (secondary N) is 1. The van der Waals surface area contributed by atoms with Crippen LogP contribution in [0.4, 0.5) is 4.39 Å². The van der Waals surface area contributed by atoms with Gasteiger partial charge in [0.05, 0.1) is 11.0 Å². The van der Waals surface area contributed by atoms with Crippen molar-refractivity contribution in [2.24, 2.45) is 0 Å². The van der Waals surface area contributed by atoms with Crippen molar-refractivity contribution in [3.8, 4) is 11.8 Å². The molecule has 1 aromatic carbocycles. The van der Waals surface area contributed by atoms with Crippen LogP contribution < -0.4 is 5.32 Å². The zero-order chi connectivity index (χ0) is 11.3. The number of halogens is 2. The first-order chi connectivity index (χ1) is 7.15. The smallest absolute Gasteiger partial charge is 0.252 e. The summed E-state index contributed by atoms with van der Waals surface area (Å²) in [5, 5.41) is 2.59. The highest BCUT2D eigenvalue weighted by atomic mass is 79.9. The number of benzene rings is 1. The van der Waals surface area contributed by atoms with Gasteiger partial charge in [0.2, 0.25) is 0 Å². The summed E-state index contributed by atoms with van der Waals surface area (Å²) in [4.78, 5) is 11.5. The molecule has 0 aliphatic rings. The average molecular weight is 270 g/mol. The minimum Gasteiger partial charge on any atom is -0.341 e. The lowest BCUT2D eigenvalue weighted by Gasteiger charge is -2.02. The van der Waals surface area contributed by atoms with Crippen LogP contribution in [0.15, 0.2) is 22.7 Å². The topological polar surface area (TPSA) is 29.1 Å². The molecule has 78 valence electrons. The molecule has 1 aromatic rings. The Morgan fingerprint density at radius 2 is 2.33 bits per heavy atom. The van der Waals surface area contributed by atoms with Crippen LogP contribution in [0.25, 0.3) is 0 Å². The largest absolute Gasteiger partial charge is 0.341 e. The summed E-state index contributed by atoms with van der Waals surface area (Å²) in [6, 6.07) is 4.10. The molecular formula is C11H9BrFNO. The van der Waals surface area contributed by atoms with Crippen LogP contribution in [0.5, 0.6) is 0 Å². The SMILES string of the molecule is CC#CCNC(=O)c1ccc(F)c(Br)c1. The van der Waals surface area contributed by atoms with Crippen LogP contribution in [0, 0.1) is 17.7 Å². The van der Waals surface area contributed by atoms with E-state index in [1.54, 1.807) is 6.92 Å². The molecule has 0 radical (unpaired) electrons. The second-order valence-electron chi connectivity index (χ2n) is 2.74. The summed E-state index contributed by atoms with van der Waals surface area (Å²) in [5.74, 6) is 4.71. The molecular weight excluding hydrogens is 261 g/mol. The molecule has 0 aliphatic heterocycles. The van der Waals surface area contributed by atoms with Crippen LogP contribution in [0.1, 0.15) is 17.3 Å². The lowest BCUT2D eigenvalue weighted by atomic mass is 10.2. The van der Waals surface area contributed by atoms with Crippen LogP contribution >= 0.6 is 15.9 Å². The zero-order valence-corrected chi connectivity index (χ0v) is 9.69. The third-order valence-corrected chi connectivity index (χ3v) is 2.30. The van der Waals surface area contributed by atoms with E-state index in [2.05, 4.69) is 33.1 Å². The van der Waals surface area contributed by atoms with E-state index >= 15 is 0 Å². The zero-order valence-electron chi connectivity index (χ0n) is 8.10. The van der Waals surface area contributed by atoms with E-state index in [0.29, 0.717) is 12.1 Å². The molecule has 0 bridgehead atoms. The lowest BCUT2D eigenvalue weighted by molar-refractivity contribution is 0.0958. The first kappa shape index (κ1) is 11.7. The van der Waals surface area contributed by atoms with Crippen molar-refractivity contribution in [3.05, 3.63) is 34.1 Å².